The van der Waals surface area contributed by atoms with E-state index in [1.165, 1.54) is 17.3 Å². The molecule has 1 heterocycles. The largest absolute Gasteiger partial charge is 0.258 e. The number of aryl methyl sites for hydroxylation is 1. The number of nitrogens with one attached hydrogen (secondary N) is 1. The van der Waals surface area contributed by atoms with Gasteiger partial charge in [-0.15, -0.1) is 5.10 Å². The molecule has 2 aromatic rings. The van der Waals surface area contributed by atoms with Crippen molar-refractivity contribution in [3.05, 3.63) is 29.8 Å². The molecule has 0 bridgehead atoms. The maximum absolute atomic E-state index is 4.36. The van der Waals surface area contributed by atoms with E-state index in [2.05, 4.69) is 28.2 Å². The molecule has 4 heteroatoms. The molecule has 72 valence electrons. The van der Waals surface area contributed by atoms with Crippen molar-refractivity contribution in [3.63, 3.8) is 0 Å². The number of thioether (sulfide) groups is 1. The molecule has 0 unspecified atom stereocenters. The van der Waals surface area contributed by atoms with Crippen molar-refractivity contribution in [3.8, 4) is 11.4 Å². The topological polar surface area (TPSA) is 41.6 Å². The van der Waals surface area contributed by atoms with Crippen LogP contribution in [0.5, 0.6) is 0 Å². The van der Waals surface area contributed by atoms with Gasteiger partial charge in [-0.3, -0.25) is 5.10 Å². The molecule has 0 saturated carbocycles. The van der Waals surface area contributed by atoms with Crippen molar-refractivity contribution in [1.82, 2.24) is 15.2 Å². The van der Waals surface area contributed by atoms with E-state index in [0.717, 1.165) is 16.5 Å². The maximum Gasteiger partial charge on any atom is 0.208 e. The monoisotopic (exact) mass is 205 g/mol. The summed E-state index contributed by atoms with van der Waals surface area (Å²) < 4.78 is 0. The second-order valence-corrected chi connectivity index (χ2v) is 3.76. The van der Waals surface area contributed by atoms with Crippen molar-refractivity contribution >= 4 is 11.8 Å². The number of H-pyrrole nitrogens is 1. The Labute approximate surface area is 87.0 Å². The smallest absolute Gasteiger partial charge is 0.208 e. The Bertz CT molecular complexity index is 436. The van der Waals surface area contributed by atoms with Crippen molar-refractivity contribution in [1.29, 1.82) is 0 Å². The van der Waals surface area contributed by atoms with Gasteiger partial charge in [0.25, 0.3) is 0 Å². The Balaban J connectivity index is 2.44. The summed E-state index contributed by atoms with van der Waals surface area (Å²) >= 11 is 1.54. The van der Waals surface area contributed by atoms with E-state index in [1.807, 2.05) is 24.5 Å². The van der Waals surface area contributed by atoms with E-state index in [1.54, 1.807) is 0 Å². The minimum absolute atomic E-state index is 0.781. The van der Waals surface area contributed by atoms with E-state index in [-0.39, 0.29) is 0 Å². The molecule has 0 aliphatic heterocycles. The van der Waals surface area contributed by atoms with Gasteiger partial charge in [0.2, 0.25) is 5.16 Å². The second kappa shape index (κ2) is 3.84. The number of hydrogen-bond acceptors (Lipinski definition) is 3. The number of aromatic amines is 1. The first kappa shape index (κ1) is 9.27. The number of hydrogen-bond donors (Lipinski definition) is 1. The average Bonchev–Trinajstić information content (AvgIpc) is 2.67. The molecule has 0 aliphatic carbocycles. The van der Waals surface area contributed by atoms with Gasteiger partial charge in [-0.05, 0) is 18.7 Å². The van der Waals surface area contributed by atoms with E-state index >= 15 is 0 Å². The highest BCUT2D eigenvalue weighted by molar-refractivity contribution is 7.98. The third-order valence-electron chi connectivity index (χ3n) is 2.05. The third kappa shape index (κ3) is 1.65. The lowest BCUT2D eigenvalue weighted by Gasteiger charge is -1.99. The molecule has 2 rings (SSSR count). The fourth-order valence-electron chi connectivity index (χ4n) is 1.30. The predicted molar refractivity (Wildman–Crippen MR) is 58.3 cm³/mol. The fraction of sp³-hybridized carbons (Fsp3) is 0.200. The van der Waals surface area contributed by atoms with Gasteiger partial charge in [-0.1, -0.05) is 36.0 Å². The third-order valence-corrected chi connectivity index (χ3v) is 2.60. The van der Waals surface area contributed by atoms with Crippen LogP contribution in [0.1, 0.15) is 5.56 Å². The fourth-order valence-corrected chi connectivity index (χ4v) is 1.62. The van der Waals surface area contributed by atoms with Crippen LogP contribution in [0.4, 0.5) is 0 Å². The quantitative estimate of drug-likeness (QED) is 0.766. The number of nitrogens with zero attached hydrogens (tertiary/aromatic N) is 2. The van der Waals surface area contributed by atoms with Crippen LogP contribution in [-0.2, 0) is 0 Å². The summed E-state index contributed by atoms with van der Waals surface area (Å²) in [7, 11) is 0. The average molecular weight is 205 g/mol. The lowest BCUT2D eigenvalue weighted by molar-refractivity contribution is 0.976. The normalized spacial score (nSPS) is 10.4. The number of rotatable bonds is 2. The number of benzene rings is 1. The molecule has 1 aromatic carbocycles. The Morgan fingerprint density at radius 1 is 1.29 bits per heavy atom. The minimum Gasteiger partial charge on any atom is -0.258 e. The van der Waals surface area contributed by atoms with Crippen molar-refractivity contribution < 1.29 is 0 Å². The van der Waals surface area contributed by atoms with E-state index in [4.69, 9.17) is 0 Å². The summed E-state index contributed by atoms with van der Waals surface area (Å²) in [6, 6.07) is 8.13. The molecule has 0 radical (unpaired) electrons. The van der Waals surface area contributed by atoms with Crippen LogP contribution in [-0.4, -0.2) is 21.4 Å². The van der Waals surface area contributed by atoms with Gasteiger partial charge in [-0.25, -0.2) is 4.98 Å². The maximum atomic E-state index is 4.36. The zero-order chi connectivity index (χ0) is 9.97. The minimum atomic E-state index is 0.781. The Kier molecular flexibility index (Phi) is 2.54. The van der Waals surface area contributed by atoms with Gasteiger partial charge < -0.3 is 0 Å². The summed E-state index contributed by atoms with van der Waals surface area (Å²) in [4.78, 5) is 4.36. The molecular weight excluding hydrogens is 194 g/mol. The molecule has 1 N–H and O–H groups in total. The van der Waals surface area contributed by atoms with Crippen LogP contribution in [0.2, 0.25) is 0 Å². The first-order chi connectivity index (χ1) is 6.81. The van der Waals surface area contributed by atoms with Gasteiger partial charge in [0.15, 0.2) is 5.82 Å². The highest BCUT2D eigenvalue weighted by Gasteiger charge is 2.05. The predicted octanol–water partition coefficient (Wildman–Crippen LogP) is 2.50. The highest BCUT2D eigenvalue weighted by atomic mass is 32.2. The lowest BCUT2D eigenvalue weighted by Crippen LogP contribution is -1.84. The zero-order valence-corrected chi connectivity index (χ0v) is 8.93. The second-order valence-electron chi connectivity index (χ2n) is 2.99. The highest BCUT2D eigenvalue weighted by Crippen LogP contribution is 2.20. The number of aromatic nitrogens is 3. The Morgan fingerprint density at radius 2 is 2.07 bits per heavy atom. The van der Waals surface area contributed by atoms with Crippen LogP contribution >= 0.6 is 11.8 Å². The van der Waals surface area contributed by atoms with E-state index in [0.29, 0.717) is 0 Å². The molecular formula is C10H11N3S. The first-order valence-corrected chi connectivity index (χ1v) is 5.56. The zero-order valence-electron chi connectivity index (χ0n) is 8.11. The Hall–Kier alpha value is -1.29. The van der Waals surface area contributed by atoms with E-state index < -0.39 is 0 Å². The van der Waals surface area contributed by atoms with E-state index in [9.17, 15) is 0 Å². The lowest BCUT2D eigenvalue weighted by atomic mass is 10.1. The van der Waals surface area contributed by atoms with Gasteiger partial charge in [0.1, 0.15) is 0 Å². The molecule has 14 heavy (non-hydrogen) atoms. The Morgan fingerprint density at radius 3 is 2.71 bits per heavy atom. The van der Waals surface area contributed by atoms with Gasteiger partial charge >= 0.3 is 0 Å². The molecule has 0 fully saturated rings. The molecule has 0 spiro atoms. The molecule has 1 aromatic heterocycles. The van der Waals surface area contributed by atoms with Crippen LogP contribution in [0.25, 0.3) is 11.4 Å². The molecule has 3 nitrogen and oxygen atoms in total. The van der Waals surface area contributed by atoms with Gasteiger partial charge in [0.05, 0.1) is 0 Å². The molecule has 0 saturated heterocycles. The van der Waals surface area contributed by atoms with Crippen LogP contribution in [0.3, 0.4) is 0 Å². The summed E-state index contributed by atoms with van der Waals surface area (Å²) in [5, 5.41) is 7.79. The first-order valence-electron chi connectivity index (χ1n) is 4.33. The van der Waals surface area contributed by atoms with Crippen LogP contribution < -0.4 is 0 Å². The van der Waals surface area contributed by atoms with Gasteiger partial charge in [-0.2, -0.15) is 0 Å². The summed E-state index contributed by atoms with van der Waals surface area (Å²) in [6.07, 6.45) is 1.96. The van der Waals surface area contributed by atoms with Crippen molar-refractivity contribution in [2.24, 2.45) is 0 Å². The standard InChI is InChI=1S/C10H11N3S/c1-7-5-3-4-6-8(7)9-11-10(14-2)13-12-9/h3-6H,1-2H3,(H,11,12,13). The van der Waals surface area contributed by atoms with Crippen molar-refractivity contribution in [2.75, 3.05) is 6.26 Å². The summed E-state index contributed by atoms with van der Waals surface area (Å²) in [6.45, 7) is 2.07. The molecule has 0 atom stereocenters. The van der Waals surface area contributed by atoms with Crippen LogP contribution in [0, 0.1) is 6.92 Å². The SMILES string of the molecule is CSc1n[nH]c(-c2ccccc2C)n1. The summed E-state index contributed by atoms with van der Waals surface area (Å²) in [5.74, 6) is 0.840. The van der Waals surface area contributed by atoms with Gasteiger partial charge in [0, 0.05) is 5.56 Å². The van der Waals surface area contributed by atoms with Crippen molar-refractivity contribution in [2.45, 2.75) is 12.1 Å². The summed E-state index contributed by atoms with van der Waals surface area (Å²) in [5.41, 5.74) is 2.32. The molecule has 0 aliphatic rings. The van der Waals surface area contributed by atoms with Crippen LogP contribution in [0.15, 0.2) is 29.4 Å². The molecule has 0 amide bonds.